The van der Waals surface area contributed by atoms with E-state index in [1.807, 2.05) is 62.4 Å². The summed E-state index contributed by atoms with van der Waals surface area (Å²) in [6.07, 6.45) is 3.15. The van der Waals surface area contributed by atoms with Gasteiger partial charge in [0.15, 0.2) is 5.82 Å². The highest BCUT2D eigenvalue weighted by atomic mass is 32.1. The molecule has 3 heterocycles. The van der Waals surface area contributed by atoms with Crippen molar-refractivity contribution in [2.75, 3.05) is 0 Å². The summed E-state index contributed by atoms with van der Waals surface area (Å²) >= 11 is 1.32. The Morgan fingerprint density at radius 3 is 2.42 bits per heavy atom. The predicted molar refractivity (Wildman–Crippen MR) is 146 cm³/mol. The van der Waals surface area contributed by atoms with Crippen LogP contribution in [0.5, 0.6) is 0 Å². The fourth-order valence-electron chi connectivity index (χ4n) is 4.47. The number of nitrogens with zero attached hydrogens (tertiary/aromatic N) is 5. The quantitative estimate of drug-likeness (QED) is 0.294. The van der Waals surface area contributed by atoms with Crippen LogP contribution >= 0.6 is 11.5 Å². The maximum absolute atomic E-state index is 13.7. The van der Waals surface area contributed by atoms with Gasteiger partial charge in [-0.15, -0.1) is 0 Å². The minimum atomic E-state index is -0.596. The molecule has 9 nitrogen and oxygen atoms in total. The number of nitrogens with one attached hydrogen (secondary N) is 1. The van der Waals surface area contributed by atoms with Crippen LogP contribution in [0.4, 0.5) is 0 Å². The maximum Gasteiger partial charge on any atom is 0.439 e. The summed E-state index contributed by atoms with van der Waals surface area (Å²) < 4.78 is 10.8. The zero-order valence-electron chi connectivity index (χ0n) is 21.5. The van der Waals surface area contributed by atoms with Gasteiger partial charge in [0.2, 0.25) is 0 Å². The molecule has 0 aliphatic rings. The van der Waals surface area contributed by atoms with Crippen molar-refractivity contribution >= 4 is 11.5 Å². The summed E-state index contributed by atoms with van der Waals surface area (Å²) in [4.78, 5) is 37.1. The van der Waals surface area contributed by atoms with Gasteiger partial charge in [0, 0.05) is 29.7 Å². The van der Waals surface area contributed by atoms with Crippen molar-refractivity contribution in [3.05, 3.63) is 103 Å². The molecular weight excluding hydrogens is 500 g/mol. The lowest BCUT2D eigenvalue weighted by molar-refractivity contribution is 0.388. The summed E-state index contributed by atoms with van der Waals surface area (Å²) in [5.74, 6) is 1.30. The van der Waals surface area contributed by atoms with Gasteiger partial charge in [-0.2, -0.15) is 4.37 Å². The first-order valence-corrected chi connectivity index (χ1v) is 13.3. The summed E-state index contributed by atoms with van der Waals surface area (Å²) in [6, 6.07) is 15.7. The van der Waals surface area contributed by atoms with Crippen molar-refractivity contribution in [1.82, 2.24) is 29.0 Å². The summed E-state index contributed by atoms with van der Waals surface area (Å²) in [5.41, 5.74) is 5.02. The first-order chi connectivity index (χ1) is 18.4. The van der Waals surface area contributed by atoms with Crippen LogP contribution < -0.4 is 11.3 Å². The molecule has 10 heteroatoms. The molecule has 1 N–H and O–H groups in total. The van der Waals surface area contributed by atoms with Crippen LogP contribution in [0.25, 0.3) is 22.5 Å². The van der Waals surface area contributed by atoms with E-state index in [0.29, 0.717) is 30.2 Å². The monoisotopic (exact) mass is 528 g/mol. The molecule has 0 saturated heterocycles. The number of hydrogen-bond donors (Lipinski definition) is 1. The molecule has 0 spiro atoms. The van der Waals surface area contributed by atoms with Gasteiger partial charge < -0.3 is 0 Å². The van der Waals surface area contributed by atoms with E-state index >= 15 is 0 Å². The van der Waals surface area contributed by atoms with E-state index in [-0.39, 0.29) is 5.56 Å². The standard InChI is InChI=1S/C28H28N6O3S/c1-4-5-10-24-29-17(2)23(15-25-30-18(3)33-38-25)27(35)34(24)16-19-11-13-20(14-12-19)21-8-6-7-9-22(21)26-31-28(36)37-32-26/h6-9,11-14H,4-5,10,15-16H2,1-3H3,(H,31,32,36). The van der Waals surface area contributed by atoms with Gasteiger partial charge in [-0.05, 0) is 48.5 Å². The number of benzene rings is 2. The molecule has 0 aliphatic carbocycles. The van der Waals surface area contributed by atoms with Gasteiger partial charge in [0.25, 0.3) is 5.56 Å². The van der Waals surface area contributed by atoms with E-state index < -0.39 is 5.76 Å². The second-order valence-corrected chi connectivity index (χ2v) is 10.0. The third-order valence-corrected chi connectivity index (χ3v) is 7.23. The molecule has 0 unspecified atom stereocenters. The molecule has 0 fully saturated rings. The number of hydrogen-bond acceptors (Lipinski definition) is 8. The third-order valence-electron chi connectivity index (χ3n) is 6.43. The Balaban J connectivity index is 1.48. The highest BCUT2D eigenvalue weighted by molar-refractivity contribution is 7.05. The Kier molecular flexibility index (Phi) is 7.41. The molecule has 0 radical (unpaired) electrons. The van der Waals surface area contributed by atoms with Crippen LogP contribution in [-0.2, 0) is 19.4 Å². The Morgan fingerprint density at radius 2 is 1.76 bits per heavy atom. The lowest BCUT2D eigenvalue weighted by Gasteiger charge is -2.16. The lowest BCUT2D eigenvalue weighted by atomic mass is 9.98. The van der Waals surface area contributed by atoms with Crippen molar-refractivity contribution in [3.63, 3.8) is 0 Å². The molecule has 5 rings (SSSR count). The van der Waals surface area contributed by atoms with Gasteiger partial charge in [0.05, 0.1) is 6.54 Å². The van der Waals surface area contributed by atoms with Crippen molar-refractivity contribution in [2.45, 2.75) is 53.0 Å². The average molecular weight is 529 g/mol. The maximum atomic E-state index is 13.7. The molecule has 0 bridgehead atoms. The van der Waals surface area contributed by atoms with Gasteiger partial charge in [-0.1, -0.05) is 67.0 Å². The second-order valence-electron chi connectivity index (χ2n) is 9.19. The minimum absolute atomic E-state index is 0.0270. The lowest BCUT2D eigenvalue weighted by Crippen LogP contribution is -2.30. The van der Waals surface area contributed by atoms with E-state index in [0.717, 1.165) is 58.0 Å². The zero-order chi connectivity index (χ0) is 26.6. The van der Waals surface area contributed by atoms with Crippen molar-refractivity contribution in [1.29, 1.82) is 0 Å². The SMILES string of the molecule is CCCCc1nc(C)c(Cc2nc(C)ns2)c(=O)n1Cc1ccc(-c2ccccc2-c2noc(=O)[nH]2)cc1. The minimum Gasteiger partial charge on any atom is -0.296 e. The van der Waals surface area contributed by atoms with Crippen LogP contribution in [0.2, 0.25) is 0 Å². The number of aryl methyl sites for hydroxylation is 3. The molecule has 0 atom stereocenters. The fraction of sp³-hybridized carbons (Fsp3) is 0.286. The van der Waals surface area contributed by atoms with Crippen LogP contribution in [0.1, 0.15) is 53.2 Å². The molecule has 5 aromatic rings. The average Bonchev–Trinajstić information content (AvgIpc) is 3.55. The van der Waals surface area contributed by atoms with Crippen LogP contribution in [0, 0.1) is 13.8 Å². The van der Waals surface area contributed by atoms with Gasteiger partial charge in [-0.3, -0.25) is 18.9 Å². The molecule has 2 aromatic carbocycles. The largest absolute Gasteiger partial charge is 0.439 e. The molecule has 194 valence electrons. The Bertz CT molecular complexity index is 1680. The Morgan fingerprint density at radius 1 is 1.00 bits per heavy atom. The molecular formula is C28H28N6O3S. The van der Waals surface area contributed by atoms with Crippen LogP contribution in [0.15, 0.2) is 62.6 Å². The van der Waals surface area contributed by atoms with E-state index in [1.165, 1.54) is 11.5 Å². The predicted octanol–water partition coefficient (Wildman–Crippen LogP) is 4.70. The van der Waals surface area contributed by atoms with Gasteiger partial charge in [-0.25, -0.2) is 14.8 Å². The first-order valence-electron chi connectivity index (χ1n) is 12.6. The summed E-state index contributed by atoms with van der Waals surface area (Å²) in [5, 5.41) is 4.65. The van der Waals surface area contributed by atoms with Crippen LogP contribution in [0.3, 0.4) is 0 Å². The van der Waals surface area contributed by atoms with E-state index in [1.54, 1.807) is 4.57 Å². The molecule has 0 amide bonds. The molecule has 3 aromatic heterocycles. The number of H-pyrrole nitrogens is 1. The molecule has 0 aliphatic heterocycles. The number of aromatic amines is 1. The van der Waals surface area contributed by atoms with E-state index in [2.05, 4.69) is 26.4 Å². The highest BCUT2D eigenvalue weighted by Gasteiger charge is 2.17. The summed E-state index contributed by atoms with van der Waals surface area (Å²) in [7, 11) is 0. The Labute approximate surface area is 223 Å². The van der Waals surface area contributed by atoms with Gasteiger partial charge >= 0.3 is 5.76 Å². The van der Waals surface area contributed by atoms with Crippen molar-refractivity contribution in [2.24, 2.45) is 0 Å². The zero-order valence-corrected chi connectivity index (χ0v) is 22.3. The second kappa shape index (κ2) is 11.1. The fourth-order valence-corrected chi connectivity index (χ4v) is 5.13. The van der Waals surface area contributed by atoms with Crippen LogP contribution in [-0.4, -0.2) is 29.0 Å². The van der Waals surface area contributed by atoms with Gasteiger partial charge in [0.1, 0.15) is 16.7 Å². The highest BCUT2D eigenvalue weighted by Crippen LogP contribution is 2.30. The smallest absolute Gasteiger partial charge is 0.296 e. The normalized spacial score (nSPS) is 11.2. The summed E-state index contributed by atoms with van der Waals surface area (Å²) in [6.45, 7) is 6.31. The Hall–Kier alpha value is -4.18. The third kappa shape index (κ3) is 5.40. The molecule has 38 heavy (non-hydrogen) atoms. The number of rotatable bonds is 9. The first kappa shape index (κ1) is 25.5. The topological polar surface area (TPSA) is 120 Å². The number of aromatic nitrogens is 6. The number of unbranched alkanes of at least 4 members (excludes halogenated alkanes) is 1. The van der Waals surface area contributed by atoms with Crippen molar-refractivity contribution < 1.29 is 4.52 Å². The van der Waals surface area contributed by atoms with Crippen molar-refractivity contribution in [3.8, 4) is 22.5 Å². The van der Waals surface area contributed by atoms with E-state index in [9.17, 15) is 9.59 Å². The molecule has 0 saturated carbocycles. The van der Waals surface area contributed by atoms with E-state index in [4.69, 9.17) is 9.51 Å².